The molecule has 2 aromatic carbocycles. The molecule has 0 bridgehead atoms. The molecule has 5 heteroatoms. The van der Waals surface area contributed by atoms with E-state index in [1.165, 1.54) is 7.11 Å². The molecule has 0 spiro atoms. The van der Waals surface area contributed by atoms with Crippen molar-refractivity contribution < 1.29 is 14.3 Å². The van der Waals surface area contributed by atoms with E-state index in [9.17, 15) is 9.59 Å². The van der Waals surface area contributed by atoms with Gasteiger partial charge in [-0.05, 0) is 17.5 Å². The molecule has 0 fully saturated rings. The summed E-state index contributed by atoms with van der Waals surface area (Å²) in [5, 5.41) is 2.66. The average Bonchev–Trinajstić information content (AvgIpc) is 2.63. The molecule has 2 aromatic rings. The maximum atomic E-state index is 12.5. The van der Waals surface area contributed by atoms with Crippen molar-refractivity contribution in [1.29, 1.82) is 0 Å². The van der Waals surface area contributed by atoms with Crippen LogP contribution in [0, 0.1) is 0 Å². The number of benzene rings is 2. The van der Waals surface area contributed by atoms with Gasteiger partial charge in [-0.3, -0.25) is 9.59 Å². The summed E-state index contributed by atoms with van der Waals surface area (Å²) < 4.78 is 5.27. The molecule has 3 N–H and O–H groups in total. The van der Waals surface area contributed by atoms with Crippen molar-refractivity contribution in [3.8, 4) is 0 Å². The molecule has 2 rings (SSSR count). The number of methoxy groups -OCH3 is 1. The van der Waals surface area contributed by atoms with Crippen LogP contribution in [0.25, 0.3) is 6.08 Å². The van der Waals surface area contributed by atoms with Crippen LogP contribution < -0.4 is 11.1 Å². The van der Waals surface area contributed by atoms with Crippen molar-refractivity contribution in [1.82, 2.24) is 5.32 Å². The summed E-state index contributed by atoms with van der Waals surface area (Å²) >= 11 is 0. The molecule has 2 amide bonds. The van der Waals surface area contributed by atoms with Crippen LogP contribution >= 0.6 is 0 Å². The Morgan fingerprint density at radius 3 is 2.24 bits per heavy atom. The second kappa shape index (κ2) is 9.39. The molecule has 0 saturated carbocycles. The first kappa shape index (κ1) is 18.4. The van der Waals surface area contributed by atoms with Crippen molar-refractivity contribution in [2.24, 2.45) is 5.73 Å². The van der Waals surface area contributed by atoms with E-state index >= 15 is 0 Å². The minimum Gasteiger partial charge on any atom is -0.368 e. The van der Waals surface area contributed by atoms with Gasteiger partial charge in [0.2, 0.25) is 5.91 Å². The lowest BCUT2D eigenvalue weighted by Crippen LogP contribution is -2.46. The number of carbonyl (C=O) groups is 2. The van der Waals surface area contributed by atoms with Crippen LogP contribution in [0.4, 0.5) is 0 Å². The maximum absolute atomic E-state index is 12.5. The fourth-order valence-corrected chi connectivity index (χ4v) is 2.42. The molecular formula is C20H22N2O3. The fourth-order valence-electron chi connectivity index (χ4n) is 2.42. The largest absolute Gasteiger partial charge is 0.368 e. The zero-order valence-corrected chi connectivity index (χ0v) is 14.1. The summed E-state index contributed by atoms with van der Waals surface area (Å²) in [4.78, 5) is 24.1. The zero-order valence-electron chi connectivity index (χ0n) is 14.1. The first-order valence-electron chi connectivity index (χ1n) is 8.01. The standard InChI is InChI=1S/C20H22N2O3/c1-25-18(16-12-6-3-7-13-16)20(24)22-17(19(21)23)14-8-11-15-9-4-2-5-10-15/h2-13,17-18H,14H2,1H3,(H2,21,23)(H,22,24)/b11-8+/t17-,18+/m0/s1. The van der Waals surface area contributed by atoms with E-state index in [0.29, 0.717) is 12.0 Å². The Hall–Kier alpha value is -2.92. The number of primary amides is 1. The highest BCUT2D eigenvalue weighted by Crippen LogP contribution is 2.16. The van der Waals surface area contributed by atoms with Crippen LogP contribution in [-0.2, 0) is 14.3 Å². The van der Waals surface area contributed by atoms with Crippen molar-refractivity contribution in [3.05, 3.63) is 77.9 Å². The monoisotopic (exact) mass is 338 g/mol. The topological polar surface area (TPSA) is 81.4 Å². The highest BCUT2D eigenvalue weighted by atomic mass is 16.5. The normalized spacial score (nSPS) is 13.3. The lowest BCUT2D eigenvalue weighted by Gasteiger charge is -2.19. The van der Waals surface area contributed by atoms with Gasteiger partial charge < -0.3 is 15.8 Å². The van der Waals surface area contributed by atoms with Gasteiger partial charge in [0, 0.05) is 7.11 Å². The summed E-state index contributed by atoms with van der Waals surface area (Å²) in [6.07, 6.45) is 3.21. The number of carbonyl (C=O) groups excluding carboxylic acids is 2. The number of amides is 2. The van der Waals surface area contributed by atoms with Gasteiger partial charge in [-0.25, -0.2) is 0 Å². The van der Waals surface area contributed by atoms with E-state index in [-0.39, 0.29) is 0 Å². The molecule has 5 nitrogen and oxygen atoms in total. The van der Waals surface area contributed by atoms with E-state index in [1.807, 2.05) is 60.7 Å². The molecule has 0 aliphatic heterocycles. The Balaban J connectivity index is 2.01. The number of rotatable bonds is 8. The van der Waals surface area contributed by atoms with E-state index in [4.69, 9.17) is 10.5 Å². The van der Waals surface area contributed by atoms with Gasteiger partial charge in [-0.1, -0.05) is 72.8 Å². The van der Waals surface area contributed by atoms with Crippen LogP contribution in [0.15, 0.2) is 66.7 Å². The van der Waals surface area contributed by atoms with Gasteiger partial charge in [0.05, 0.1) is 0 Å². The number of ether oxygens (including phenoxy) is 1. The third kappa shape index (κ3) is 5.58. The van der Waals surface area contributed by atoms with Gasteiger partial charge >= 0.3 is 0 Å². The summed E-state index contributed by atoms with van der Waals surface area (Å²) in [6, 6.07) is 18.0. The number of hydrogen-bond donors (Lipinski definition) is 2. The van der Waals surface area contributed by atoms with Crippen molar-refractivity contribution in [2.75, 3.05) is 7.11 Å². The molecule has 0 radical (unpaired) electrons. The zero-order chi connectivity index (χ0) is 18.1. The highest BCUT2D eigenvalue weighted by Gasteiger charge is 2.24. The van der Waals surface area contributed by atoms with Crippen LogP contribution in [0.1, 0.15) is 23.7 Å². The van der Waals surface area contributed by atoms with Crippen molar-refractivity contribution >= 4 is 17.9 Å². The van der Waals surface area contributed by atoms with Gasteiger partial charge in [0.15, 0.2) is 6.10 Å². The molecule has 0 aromatic heterocycles. The Kier molecular flexibility index (Phi) is 6.92. The quantitative estimate of drug-likeness (QED) is 0.776. The first-order chi connectivity index (χ1) is 12.1. The van der Waals surface area contributed by atoms with Crippen LogP contribution in [0.3, 0.4) is 0 Å². The minimum atomic E-state index is -0.797. The highest BCUT2D eigenvalue weighted by molar-refractivity contribution is 5.89. The molecule has 0 saturated heterocycles. The summed E-state index contributed by atoms with van der Waals surface area (Å²) in [7, 11) is 1.45. The summed E-state index contributed by atoms with van der Waals surface area (Å²) in [5.41, 5.74) is 7.14. The third-order valence-corrected chi connectivity index (χ3v) is 3.72. The number of nitrogens with two attached hydrogens (primary N) is 1. The van der Waals surface area contributed by atoms with Crippen LogP contribution in [0.2, 0.25) is 0 Å². The molecular weight excluding hydrogens is 316 g/mol. The number of hydrogen-bond acceptors (Lipinski definition) is 3. The van der Waals surface area contributed by atoms with Gasteiger partial charge in [-0.2, -0.15) is 0 Å². The minimum absolute atomic E-state index is 0.307. The van der Waals surface area contributed by atoms with Crippen LogP contribution in [0.5, 0.6) is 0 Å². The Morgan fingerprint density at radius 1 is 1.08 bits per heavy atom. The molecule has 130 valence electrons. The van der Waals surface area contributed by atoms with Gasteiger partial charge in [0.1, 0.15) is 6.04 Å². The average molecular weight is 338 g/mol. The molecule has 2 atom stereocenters. The predicted molar refractivity (Wildman–Crippen MR) is 97.4 cm³/mol. The van der Waals surface area contributed by atoms with Crippen molar-refractivity contribution in [3.63, 3.8) is 0 Å². The second-order valence-electron chi connectivity index (χ2n) is 5.54. The van der Waals surface area contributed by atoms with Crippen LogP contribution in [-0.4, -0.2) is 25.0 Å². The summed E-state index contributed by atoms with van der Waals surface area (Å²) in [6.45, 7) is 0. The smallest absolute Gasteiger partial charge is 0.254 e. The van der Waals surface area contributed by atoms with E-state index < -0.39 is 24.0 Å². The molecule has 0 aliphatic rings. The van der Waals surface area contributed by atoms with Gasteiger partial charge in [0.25, 0.3) is 5.91 Å². The predicted octanol–water partition coefficient (Wildman–Crippen LogP) is 2.45. The third-order valence-electron chi connectivity index (χ3n) is 3.72. The Morgan fingerprint density at radius 2 is 1.68 bits per heavy atom. The fraction of sp³-hybridized carbons (Fsp3) is 0.200. The SMILES string of the molecule is CO[C@@H](C(=O)N[C@@H](C/C=C/c1ccccc1)C(N)=O)c1ccccc1. The summed E-state index contributed by atoms with van der Waals surface area (Å²) in [5.74, 6) is -0.986. The Labute approximate surface area is 147 Å². The second-order valence-corrected chi connectivity index (χ2v) is 5.54. The van der Waals surface area contributed by atoms with Gasteiger partial charge in [-0.15, -0.1) is 0 Å². The van der Waals surface area contributed by atoms with E-state index in [2.05, 4.69) is 5.32 Å². The number of nitrogens with one attached hydrogen (secondary N) is 1. The van der Waals surface area contributed by atoms with E-state index in [1.54, 1.807) is 12.1 Å². The van der Waals surface area contributed by atoms with Crippen molar-refractivity contribution in [2.45, 2.75) is 18.6 Å². The lowest BCUT2D eigenvalue weighted by molar-refractivity contribution is -0.134. The first-order valence-corrected chi connectivity index (χ1v) is 8.01. The molecule has 0 heterocycles. The van der Waals surface area contributed by atoms with E-state index in [0.717, 1.165) is 5.56 Å². The molecule has 0 unspecified atom stereocenters. The maximum Gasteiger partial charge on any atom is 0.254 e. The molecule has 0 aliphatic carbocycles. The molecule has 25 heavy (non-hydrogen) atoms. The Bertz CT molecular complexity index is 714. The lowest BCUT2D eigenvalue weighted by atomic mass is 10.1.